The van der Waals surface area contributed by atoms with E-state index in [0.29, 0.717) is 30.5 Å². The molecular formula is C22H25FN4O2S. The Morgan fingerprint density at radius 1 is 1.17 bits per heavy atom. The van der Waals surface area contributed by atoms with Gasteiger partial charge in [-0.25, -0.2) is 14.4 Å². The van der Waals surface area contributed by atoms with Gasteiger partial charge in [0.1, 0.15) is 11.6 Å². The van der Waals surface area contributed by atoms with Crippen molar-refractivity contribution >= 4 is 40.1 Å². The molecule has 0 aliphatic rings. The summed E-state index contributed by atoms with van der Waals surface area (Å²) in [6.45, 7) is 3.14. The molecule has 2 N–H and O–H groups in total. The van der Waals surface area contributed by atoms with E-state index >= 15 is 0 Å². The Labute approximate surface area is 179 Å². The highest BCUT2D eigenvalue weighted by molar-refractivity contribution is 8.00. The van der Waals surface area contributed by atoms with E-state index in [1.165, 1.54) is 23.9 Å². The number of carbonyl (C=O) groups excluding carboxylic acids is 1. The fourth-order valence-electron chi connectivity index (χ4n) is 2.86. The number of amides is 1. The first-order chi connectivity index (χ1) is 14.6. The number of methoxy groups -OCH3 is 1. The number of fused-ring (bicyclic) bond motifs is 1. The third-order valence-corrected chi connectivity index (χ3v) is 5.65. The van der Waals surface area contributed by atoms with Crippen LogP contribution in [0, 0.1) is 5.82 Å². The molecule has 8 heteroatoms. The van der Waals surface area contributed by atoms with E-state index in [4.69, 9.17) is 4.74 Å². The van der Waals surface area contributed by atoms with Gasteiger partial charge in [-0.1, -0.05) is 30.8 Å². The van der Waals surface area contributed by atoms with E-state index in [1.54, 1.807) is 19.2 Å². The van der Waals surface area contributed by atoms with Gasteiger partial charge in [0.15, 0.2) is 5.16 Å². The molecule has 1 aromatic heterocycles. The lowest BCUT2D eigenvalue weighted by Gasteiger charge is -2.15. The summed E-state index contributed by atoms with van der Waals surface area (Å²) in [5.41, 5.74) is 1.49. The SMILES string of the molecule is CCC(Sc1nc(Nc2ccc(F)cc2)c2ccccc2n1)C(=O)NCCCOC. The Morgan fingerprint density at radius 3 is 2.67 bits per heavy atom. The predicted octanol–water partition coefficient (Wildman–Crippen LogP) is 4.54. The van der Waals surface area contributed by atoms with Crippen LogP contribution >= 0.6 is 11.8 Å². The second-order valence-electron chi connectivity index (χ2n) is 6.66. The summed E-state index contributed by atoms with van der Waals surface area (Å²) in [6, 6.07) is 13.7. The minimum Gasteiger partial charge on any atom is -0.385 e. The second kappa shape index (κ2) is 10.9. The van der Waals surface area contributed by atoms with E-state index in [0.717, 1.165) is 23.0 Å². The molecule has 0 spiro atoms. The molecule has 0 aliphatic heterocycles. The summed E-state index contributed by atoms with van der Waals surface area (Å²) in [5, 5.41) is 7.24. The van der Waals surface area contributed by atoms with Gasteiger partial charge in [-0.15, -0.1) is 0 Å². The third-order valence-electron chi connectivity index (χ3n) is 4.43. The molecule has 0 bridgehead atoms. The molecule has 158 valence electrons. The van der Waals surface area contributed by atoms with Crippen molar-refractivity contribution in [3.05, 3.63) is 54.3 Å². The van der Waals surface area contributed by atoms with E-state index in [9.17, 15) is 9.18 Å². The Morgan fingerprint density at radius 2 is 1.93 bits per heavy atom. The molecule has 1 amide bonds. The van der Waals surface area contributed by atoms with Crippen LogP contribution in [0.5, 0.6) is 0 Å². The van der Waals surface area contributed by atoms with E-state index in [1.807, 2.05) is 31.2 Å². The van der Waals surface area contributed by atoms with Gasteiger partial charge in [-0.3, -0.25) is 4.79 Å². The number of thioether (sulfide) groups is 1. The summed E-state index contributed by atoms with van der Waals surface area (Å²) >= 11 is 1.34. The fourth-order valence-corrected chi connectivity index (χ4v) is 3.77. The van der Waals surface area contributed by atoms with Gasteiger partial charge in [-0.2, -0.15) is 0 Å². The van der Waals surface area contributed by atoms with Crippen LogP contribution in [0.3, 0.4) is 0 Å². The lowest BCUT2D eigenvalue weighted by molar-refractivity contribution is -0.120. The summed E-state index contributed by atoms with van der Waals surface area (Å²) in [6.07, 6.45) is 1.42. The quantitative estimate of drug-likeness (QED) is 0.281. The maximum absolute atomic E-state index is 13.2. The molecule has 1 atom stereocenters. The highest BCUT2D eigenvalue weighted by Gasteiger charge is 2.20. The van der Waals surface area contributed by atoms with Crippen molar-refractivity contribution in [3.8, 4) is 0 Å². The number of para-hydroxylation sites is 1. The minimum atomic E-state index is -0.299. The largest absolute Gasteiger partial charge is 0.385 e. The van der Waals surface area contributed by atoms with Crippen LogP contribution in [0.4, 0.5) is 15.9 Å². The zero-order chi connectivity index (χ0) is 21.3. The van der Waals surface area contributed by atoms with Gasteiger partial charge in [0, 0.05) is 31.3 Å². The van der Waals surface area contributed by atoms with Crippen molar-refractivity contribution in [1.29, 1.82) is 0 Å². The van der Waals surface area contributed by atoms with Crippen LogP contribution in [0.15, 0.2) is 53.7 Å². The summed E-state index contributed by atoms with van der Waals surface area (Å²) in [4.78, 5) is 21.8. The molecule has 30 heavy (non-hydrogen) atoms. The van der Waals surface area contributed by atoms with Gasteiger partial charge in [-0.05, 0) is 49.2 Å². The number of ether oxygens (including phenoxy) is 1. The van der Waals surface area contributed by atoms with Gasteiger partial charge in [0.25, 0.3) is 0 Å². The number of rotatable bonds is 10. The van der Waals surface area contributed by atoms with E-state index in [-0.39, 0.29) is 17.0 Å². The zero-order valence-electron chi connectivity index (χ0n) is 17.0. The highest BCUT2D eigenvalue weighted by atomic mass is 32.2. The second-order valence-corrected chi connectivity index (χ2v) is 7.83. The smallest absolute Gasteiger partial charge is 0.233 e. The first-order valence-electron chi connectivity index (χ1n) is 9.83. The number of halogens is 1. The normalized spacial score (nSPS) is 12.0. The number of nitrogens with zero attached hydrogens (tertiary/aromatic N) is 2. The lowest BCUT2D eigenvalue weighted by Crippen LogP contribution is -2.33. The van der Waals surface area contributed by atoms with E-state index in [2.05, 4.69) is 20.6 Å². The van der Waals surface area contributed by atoms with Crippen molar-refractivity contribution in [2.24, 2.45) is 0 Å². The Kier molecular flexibility index (Phi) is 7.98. The number of benzene rings is 2. The molecule has 0 aliphatic carbocycles. The molecule has 0 saturated heterocycles. The van der Waals surface area contributed by atoms with Crippen molar-refractivity contribution < 1.29 is 13.9 Å². The van der Waals surface area contributed by atoms with Crippen molar-refractivity contribution in [3.63, 3.8) is 0 Å². The topological polar surface area (TPSA) is 76.1 Å². The van der Waals surface area contributed by atoms with Gasteiger partial charge < -0.3 is 15.4 Å². The first kappa shape index (κ1) is 22.0. The molecule has 1 heterocycles. The van der Waals surface area contributed by atoms with Crippen LogP contribution in [0.2, 0.25) is 0 Å². The molecule has 6 nitrogen and oxygen atoms in total. The predicted molar refractivity (Wildman–Crippen MR) is 119 cm³/mol. The third kappa shape index (κ3) is 5.90. The lowest BCUT2D eigenvalue weighted by atomic mass is 10.2. The standard InChI is InChI=1S/C22H25FN4O2S/c1-3-19(21(28)24-13-6-14-29-2)30-22-26-18-8-5-4-7-17(18)20(27-22)25-16-11-9-15(23)10-12-16/h4-5,7-12,19H,3,6,13-14H2,1-2H3,(H,24,28)(H,25,26,27). The van der Waals surface area contributed by atoms with E-state index < -0.39 is 0 Å². The van der Waals surface area contributed by atoms with Crippen molar-refractivity contribution in [2.75, 3.05) is 25.6 Å². The van der Waals surface area contributed by atoms with Crippen molar-refractivity contribution in [2.45, 2.75) is 30.2 Å². The molecule has 1 unspecified atom stereocenters. The van der Waals surface area contributed by atoms with Gasteiger partial charge in [0.05, 0.1) is 10.8 Å². The van der Waals surface area contributed by atoms with Crippen LogP contribution in [0.1, 0.15) is 19.8 Å². The van der Waals surface area contributed by atoms with Crippen molar-refractivity contribution in [1.82, 2.24) is 15.3 Å². The molecule has 0 saturated carbocycles. The first-order valence-corrected chi connectivity index (χ1v) is 10.7. The fraction of sp³-hybridized carbons (Fsp3) is 0.318. The molecular weight excluding hydrogens is 403 g/mol. The van der Waals surface area contributed by atoms with Gasteiger partial charge in [0.2, 0.25) is 5.91 Å². The Bertz CT molecular complexity index is 985. The summed E-state index contributed by atoms with van der Waals surface area (Å²) in [7, 11) is 1.64. The molecule has 3 aromatic rings. The average molecular weight is 429 g/mol. The number of aromatic nitrogens is 2. The van der Waals surface area contributed by atoms with Crippen LogP contribution in [-0.2, 0) is 9.53 Å². The molecule has 2 aromatic carbocycles. The van der Waals surface area contributed by atoms with Gasteiger partial charge >= 0.3 is 0 Å². The monoisotopic (exact) mass is 428 g/mol. The number of hydrogen-bond donors (Lipinski definition) is 2. The highest BCUT2D eigenvalue weighted by Crippen LogP contribution is 2.29. The number of nitrogens with one attached hydrogen (secondary N) is 2. The summed E-state index contributed by atoms with van der Waals surface area (Å²) in [5.74, 6) is 0.278. The maximum Gasteiger partial charge on any atom is 0.233 e. The Hall–Kier alpha value is -2.71. The number of carbonyl (C=O) groups is 1. The number of anilines is 2. The van der Waals surface area contributed by atoms with Crippen LogP contribution in [0.25, 0.3) is 10.9 Å². The minimum absolute atomic E-state index is 0.0385. The maximum atomic E-state index is 13.2. The molecule has 0 fully saturated rings. The molecule has 0 radical (unpaired) electrons. The van der Waals surface area contributed by atoms with Crippen LogP contribution < -0.4 is 10.6 Å². The van der Waals surface area contributed by atoms with Crippen LogP contribution in [-0.4, -0.2) is 41.4 Å². The Balaban J connectivity index is 1.81. The molecule has 3 rings (SSSR count). The average Bonchev–Trinajstić information content (AvgIpc) is 2.76. The number of hydrogen-bond acceptors (Lipinski definition) is 6. The zero-order valence-corrected chi connectivity index (χ0v) is 17.8. The summed E-state index contributed by atoms with van der Waals surface area (Å²) < 4.78 is 18.2.